The summed E-state index contributed by atoms with van der Waals surface area (Å²) >= 11 is 0. The fraction of sp³-hybridized carbons (Fsp3) is 0.600. The minimum atomic E-state index is -0.104. The third kappa shape index (κ3) is 3.60. The van der Waals surface area contributed by atoms with Gasteiger partial charge in [0.2, 0.25) is 5.91 Å². The number of hydrogen-bond donors (Lipinski definition) is 1. The molecule has 2 bridgehead atoms. The summed E-state index contributed by atoms with van der Waals surface area (Å²) in [6, 6.07) is 5.21. The second kappa shape index (κ2) is 7.76. The standard InChI is InChI=1S/C20H30N4O3/c1-5-17(22(2)3)20(26)23-11-14-7-8-15(12-23)24(14)19(25)13-6-9-18(27-4)16(21)10-13/h6,9-10,14-15,17H,5,7-8,11-12,21H2,1-4H3/t14-,15+,17?. The van der Waals surface area contributed by atoms with Crippen molar-refractivity contribution in [3.63, 3.8) is 0 Å². The number of nitrogens with zero attached hydrogens (tertiary/aromatic N) is 3. The quantitative estimate of drug-likeness (QED) is 0.789. The Morgan fingerprint density at radius 2 is 1.89 bits per heavy atom. The van der Waals surface area contributed by atoms with Gasteiger partial charge >= 0.3 is 0 Å². The molecule has 1 aromatic carbocycles. The Hall–Kier alpha value is -2.28. The summed E-state index contributed by atoms with van der Waals surface area (Å²) in [7, 11) is 5.43. The van der Waals surface area contributed by atoms with E-state index >= 15 is 0 Å². The van der Waals surface area contributed by atoms with E-state index in [9.17, 15) is 9.59 Å². The number of rotatable bonds is 5. The predicted octanol–water partition coefficient (Wildman–Crippen LogP) is 1.43. The molecule has 2 fully saturated rings. The summed E-state index contributed by atoms with van der Waals surface area (Å²) in [5, 5.41) is 0. The number of fused-ring (bicyclic) bond motifs is 2. The highest BCUT2D eigenvalue weighted by Gasteiger charge is 2.44. The van der Waals surface area contributed by atoms with E-state index in [1.807, 2.05) is 35.7 Å². The van der Waals surface area contributed by atoms with E-state index in [0.717, 1.165) is 19.3 Å². The highest BCUT2D eigenvalue weighted by Crippen LogP contribution is 2.33. The van der Waals surface area contributed by atoms with E-state index in [4.69, 9.17) is 10.5 Å². The van der Waals surface area contributed by atoms with Gasteiger partial charge in [-0.25, -0.2) is 0 Å². The van der Waals surface area contributed by atoms with Crippen LogP contribution < -0.4 is 10.5 Å². The normalized spacial score (nSPS) is 22.9. The van der Waals surface area contributed by atoms with Gasteiger partial charge in [0.15, 0.2) is 0 Å². The van der Waals surface area contributed by atoms with Crippen molar-refractivity contribution in [3.8, 4) is 5.75 Å². The Balaban J connectivity index is 1.75. The lowest BCUT2D eigenvalue weighted by Crippen LogP contribution is -2.59. The van der Waals surface area contributed by atoms with E-state index < -0.39 is 0 Å². The lowest BCUT2D eigenvalue weighted by atomic mass is 10.1. The number of methoxy groups -OCH3 is 1. The summed E-state index contributed by atoms with van der Waals surface area (Å²) in [5.74, 6) is 0.725. The summed E-state index contributed by atoms with van der Waals surface area (Å²) in [6.07, 6.45) is 2.65. The molecule has 1 aromatic rings. The first-order valence-electron chi connectivity index (χ1n) is 9.58. The van der Waals surface area contributed by atoms with Crippen LogP contribution in [-0.2, 0) is 4.79 Å². The number of nitrogen functional groups attached to an aromatic ring is 1. The Morgan fingerprint density at radius 1 is 1.26 bits per heavy atom. The smallest absolute Gasteiger partial charge is 0.254 e. The number of piperazine rings is 1. The number of amides is 2. The lowest BCUT2D eigenvalue weighted by Gasteiger charge is -2.42. The first-order valence-corrected chi connectivity index (χ1v) is 9.58. The Labute approximate surface area is 161 Å². The van der Waals surface area contributed by atoms with Gasteiger partial charge in [0, 0.05) is 18.7 Å². The molecule has 1 unspecified atom stereocenters. The SMILES string of the molecule is CCC(C(=O)N1C[C@H]2CC[C@@H](C1)N2C(=O)c1ccc(OC)c(N)c1)N(C)C. The van der Waals surface area contributed by atoms with Crippen molar-refractivity contribution >= 4 is 17.5 Å². The molecule has 7 heteroatoms. The van der Waals surface area contributed by atoms with Crippen LogP contribution in [0.25, 0.3) is 0 Å². The molecule has 7 nitrogen and oxygen atoms in total. The number of hydrogen-bond acceptors (Lipinski definition) is 5. The molecule has 2 N–H and O–H groups in total. The largest absolute Gasteiger partial charge is 0.495 e. The molecule has 0 aromatic heterocycles. The van der Waals surface area contributed by atoms with Gasteiger partial charge in [0.25, 0.3) is 5.91 Å². The van der Waals surface area contributed by atoms with Crippen LogP contribution >= 0.6 is 0 Å². The molecule has 2 amide bonds. The third-order valence-electron chi connectivity index (χ3n) is 5.80. The van der Waals surface area contributed by atoms with Crippen LogP contribution in [0.15, 0.2) is 18.2 Å². The zero-order valence-corrected chi connectivity index (χ0v) is 16.6. The van der Waals surface area contributed by atoms with Crippen molar-refractivity contribution in [1.29, 1.82) is 0 Å². The zero-order valence-electron chi connectivity index (χ0n) is 16.6. The van der Waals surface area contributed by atoms with Gasteiger partial charge in [-0.3, -0.25) is 14.5 Å². The van der Waals surface area contributed by atoms with Gasteiger partial charge < -0.3 is 20.3 Å². The molecule has 3 rings (SSSR count). The van der Waals surface area contributed by atoms with Crippen molar-refractivity contribution in [2.24, 2.45) is 0 Å². The summed E-state index contributed by atoms with van der Waals surface area (Å²) in [6.45, 7) is 3.25. The number of ether oxygens (including phenoxy) is 1. The number of anilines is 1. The van der Waals surface area contributed by atoms with E-state index in [1.54, 1.807) is 25.3 Å². The van der Waals surface area contributed by atoms with Crippen molar-refractivity contribution < 1.29 is 14.3 Å². The molecule has 0 saturated carbocycles. The average Bonchev–Trinajstić information content (AvgIpc) is 2.90. The van der Waals surface area contributed by atoms with Crippen molar-refractivity contribution in [3.05, 3.63) is 23.8 Å². The molecule has 2 heterocycles. The van der Waals surface area contributed by atoms with Crippen LogP contribution in [0.4, 0.5) is 5.69 Å². The number of benzene rings is 1. The van der Waals surface area contributed by atoms with Gasteiger partial charge in [-0.1, -0.05) is 6.92 Å². The predicted molar refractivity (Wildman–Crippen MR) is 105 cm³/mol. The molecule has 148 valence electrons. The fourth-order valence-electron chi connectivity index (χ4n) is 4.40. The first kappa shape index (κ1) is 19.5. The van der Waals surface area contributed by atoms with Crippen LogP contribution in [0, 0.1) is 0 Å². The van der Waals surface area contributed by atoms with Crippen molar-refractivity contribution in [2.45, 2.75) is 44.3 Å². The van der Waals surface area contributed by atoms with Crippen LogP contribution in [0.1, 0.15) is 36.5 Å². The molecular weight excluding hydrogens is 344 g/mol. The number of carbonyl (C=O) groups is 2. The molecule has 27 heavy (non-hydrogen) atoms. The molecule has 0 spiro atoms. The summed E-state index contributed by atoms with van der Waals surface area (Å²) < 4.78 is 5.17. The van der Waals surface area contributed by atoms with Crippen LogP contribution in [0.2, 0.25) is 0 Å². The van der Waals surface area contributed by atoms with Gasteiger partial charge in [-0.05, 0) is 51.6 Å². The highest BCUT2D eigenvalue weighted by molar-refractivity contribution is 5.96. The van der Waals surface area contributed by atoms with Gasteiger partial charge in [-0.2, -0.15) is 0 Å². The van der Waals surface area contributed by atoms with Crippen molar-refractivity contribution in [1.82, 2.24) is 14.7 Å². The monoisotopic (exact) mass is 374 g/mol. The maximum absolute atomic E-state index is 13.1. The third-order valence-corrected chi connectivity index (χ3v) is 5.80. The average molecular weight is 374 g/mol. The summed E-state index contributed by atoms with van der Waals surface area (Å²) in [4.78, 5) is 31.9. The second-order valence-electron chi connectivity index (χ2n) is 7.69. The van der Waals surface area contributed by atoms with Gasteiger partial charge in [0.1, 0.15) is 5.75 Å². The highest BCUT2D eigenvalue weighted by atomic mass is 16.5. The van der Waals surface area contributed by atoms with E-state index in [2.05, 4.69) is 0 Å². The topological polar surface area (TPSA) is 79.1 Å². The Kier molecular flexibility index (Phi) is 5.60. The lowest BCUT2D eigenvalue weighted by molar-refractivity contribution is -0.139. The van der Waals surface area contributed by atoms with E-state index in [1.165, 1.54) is 0 Å². The number of likely N-dealkylation sites (N-methyl/N-ethyl adjacent to an activating group) is 1. The van der Waals surface area contributed by atoms with Crippen LogP contribution in [0.5, 0.6) is 5.75 Å². The summed E-state index contributed by atoms with van der Waals surface area (Å²) in [5.41, 5.74) is 7.00. The molecule has 2 aliphatic heterocycles. The van der Waals surface area contributed by atoms with Crippen LogP contribution in [-0.4, -0.2) is 78.9 Å². The first-order chi connectivity index (χ1) is 12.9. The molecular formula is C20H30N4O3. The van der Waals surface area contributed by atoms with E-state index in [-0.39, 0.29) is 29.9 Å². The minimum Gasteiger partial charge on any atom is -0.495 e. The number of carbonyl (C=O) groups excluding carboxylic acids is 2. The number of likely N-dealkylation sites (tertiary alicyclic amines) is 1. The molecule has 0 radical (unpaired) electrons. The van der Waals surface area contributed by atoms with Crippen molar-refractivity contribution in [2.75, 3.05) is 40.0 Å². The minimum absolute atomic E-state index is 0.0106. The molecule has 0 aliphatic carbocycles. The fourth-order valence-corrected chi connectivity index (χ4v) is 4.40. The van der Waals surface area contributed by atoms with Crippen LogP contribution in [0.3, 0.4) is 0 Å². The Morgan fingerprint density at radius 3 is 2.37 bits per heavy atom. The number of nitrogens with two attached hydrogens (primary N) is 1. The van der Waals surface area contributed by atoms with E-state index in [0.29, 0.717) is 30.1 Å². The maximum Gasteiger partial charge on any atom is 0.254 e. The Bertz CT molecular complexity index is 707. The maximum atomic E-state index is 13.1. The molecule has 2 saturated heterocycles. The van der Waals surface area contributed by atoms with Gasteiger partial charge in [0.05, 0.1) is 30.9 Å². The molecule has 2 aliphatic rings. The zero-order chi connectivity index (χ0) is 19.7. The second-order valence-corrected chi connectivity index (χ2v) is 7.69. The van der Waals surface area contributed by atoms with Gasteiger partial charge in [-0.15, -0.1) is 0 Å². The molecule has 3 atom stereocenters.